The normalized spacial score (nSPS) is 12.1. The first-order valence-electron chi connectivity index (χ1n) is 9.00. The van der Waals surface area contributed by atoms with E-state index in [0.717, 1.165) is 17.3 Å². The third-order valence-corrected chi connectivity index (χ3v) is 6.48. The third kappa shape index (κ3) is 13.0. The molecule has 0 fully saturated rings. The topological polar surface area (TPSA) is 85.7 Å². The molecule has 0 amide bonds. The number of rotatable bonds is 10. The molecule has 0 bridgehead atoms. The van der Waals surface area contributed by atoms with Gasteiger partial charge in [-0.25, -0.2) is 28.4 Å². The first-order valence-corrected chi connectivity index (χ1v) is 11.6. The minimum absolute atomic E-state index is 0. The Morgan fingerprint density at radius 1 is 0.900 bits per heavy atom. The van der Waals surface area contributed by atoms with Crippen molar-refractivity contribution in [1.29, 1.82) is 0 Å². The SMILES string of the molecule is C=CC[C@H](C)CS(=O)(=O)c1ncccn1.C=CC[C@H](C)CSc1ncccn1.S.S. The molecule has 0 spiro atoms. The van der Waals surface area contributed by atoms with E-state index in [1.54, 1.807) is 36.3 Å². The largest absolute Gasteiger partial charge is 0.247 e. The maximum Gasteiger partial charge on any atom is 0.247 e. The van der Waals surface area contributed by atoms with Crippen molar-refractivity contribution in [2.45, 2.75) is 37.0 Å². The van der Waals surface area contributed by atoms with Gasteiger partial charge in [0.1, 0.15) is 0 Å². The van der Waals surface area contributed by atoms with Crippen LogP contribution in [0.2, 0.25) is 0 Å². The van der Waals surface area contributed by atoms with Gasteiger partial charge in [-0.05, 0) is 36.8 Å². The standard InChI is InChI=1S/C10H14N2O2S.C10H14N2S.2H2S/c1-3-5-9(2)8-15(13,14)10-11-6-4-7-12-10;1-3-5-9(2)8-13-10-11-6-4-7-12-10;;/h3-4,6-7,9H,1,5,8H2,2H3;3-4,6-7,9H,1,5,8H2,2H3;2*1H2/t2*9-;;/m00../s1. The lowest BCUT2D eigenvalue weighted by atomic mass is 10.1. The van der Waals surface area contributed by atoms with Gasteiger partial charge in [-0.15, -0.1) is 13.2 Å². The number of sulfone groups is 1. The van der Waals surface area contributed by atoms with E-state index in [0.29, 0.717) is 12.3 Å². The second-order valence-corrected chi connectivity index (χ2v) is 9.33. The molecular formula is C20H32N4O2S4. The zero-order chi connectivity index (χ0) is 20.8. The fraction of sp³-hybridized carbons (Fsp3) is 0.400. The maximum absolute atomic E-state index is 11.8. The number of allylic oxidation sites excluding steroid dienone is 2. The van der Waals surface area contributed by atoms with Gasteiger partial charge in [0.05, 0.1) is 5.75 Å². The van der Waals surface area contributed by atoms with Gasteiger partial charge in [-0.1, -0.05) is 37.8 Å². The molecular weight excluding hydrogens is 457 g/mol. The average Bonchev–Trinajstić information content (AvgIpc) is 2.68. The van der Waals surface area contributed by atoms with E-state index >= 15 is 0 Å². The Morgan fingerprint density at radius 2 is 1.37 bits per heavy atom. The van der Waals surface area contributed by atoms with Crippen LogP contribution in [0.4, 0.5) is 0 Å². The molecule has 0 saturated heterocycles. The summed E-state index contributed by atoms with van der Waals surface area (Å²) < 4.78 is 23.5. The van der Waals surface area contributed by atoms with Crippen molar-refractivity contribution in [1.82, 2.24) is 19.9 Å². The molecule has 0 aliphatic rings. The van der Waals surface area contributed by atoms with Gasteiger partial charge in [0.25, 0.3) is 0 Å². The molecule has 0 radical (unpaired) electrons. The van der Waals surface area contributed by atoms with E-state index in [-0.39, 0.29) is 43.8 Å². The lowest BCUT2D eigenvalue weighted by Gasteiger charge is -2.07. The van der Waals surface area contributed by atoms with E-state index < -0.39 is 9.84 Å². The molecule has 10 heteroatoms. The fourth-order valence-corrected chi connectivity index (χ4v) is 4.49. The van der Waals surface area contributed by atoms with E-state index in [9.17, 15) is 8.42 Å². The van der Waals surface area contributed by atoms with Gasteiger partial charge in [0, 0.05) is 30.5 Å². The van der Waals surface area contributed by atoms with E-state index in [1.807, 2.05) is 19.1 Å². The zero-order valence-corrected chi connectivity index (χ0v) is 21.1. The van der Waals surface area contributed by atoms with E-state index in [1.165, 1.54) is 12.4 Å². The molecule has 0 aromatic carbocycles. The van der Waals surface area contributed by atoms with Gasteiger partial charge in [-0.2, -0.15) is 27.0 Å². The lowest BCUT2D eigenvalue weighted by Crippen LogP contribution is -2.16. The quantitative estimate of drug-likeness (QED) is 0.277. The number of hydrogen-bond donors (Lipinski definition) is 0. The van der Waals surface area contributed by atoms with Crippen molar-refractivity contribution in [2.75, 3.05) is 11.5 Å². The summed E-state index contributed by atoms with van der Waals surface area (Å²) in [6.45, 7) is 11.4. The summed E-state index contributed by atoms with van der Waals surface area (Å²) in [6.07, 6.45) is 11.8. The van der Waals surface area contributed by atoms with Crippen LogP contribution in [0.1, 0.15) is 26.7 Å². The molecule has 0 N–H and O–H groups in total. The Balaban J connectivity index is 0. The molecule has 2 rings (SSSR count). The molecule has 0 saturated carbocycles. The van der Waals surface area contributed by atoms with Crippen LogP contribution < -0.4 is 0 Å². The molecule has 0 aliphatic heterocycles. The van der Waals surface area contributed by atoms with Crippen LogP contribution in [-0.2, 0) is 9.84 Å². The van der Waals surface area contributed by atoms with Gasteiger partial charge >= 0.3 is 0 Å². The predicted molar refractivity (Wildman–Crippen MR) is 136 cm³/mol. The van der Waals surface area contributed by atoms with Crippen LogP contribution in [0.3, 0.4) is 0 Å². The number of nitrogens with zero attached hydrogens (tertiary/aromatic N) is 4. The highest BCUT2D eigenvalue weighted by atomic mass is 32.2. The van der Waals surface area contributed by atoms with Crippen LogP contribution in [0.5, 0.6) is 0 Å². The molecule has 6 nitrogen and oxygen atoms in total. The van der Waals surface area contributed by atoms with E-state index in [2.05, 4.69) is 40.0 Å². The summed E-state index contributed by atoms with van der Waals surface area (Å²) in [5.74, 6) is 1.79. The van der Waals surface area contributed by atoms with Crippen molar-refractivity contribution < 1.29 is 8.42 Å². The van der Waals surface area contributed by atoms with Crippen molar-refractivity contribution in [3.63, 3.8) is 0 Å². The Hall–Kier alpha value is -1.36. The summed E-state index contributed by atoms with van der Waals surface area (Å²) in [5.41, 5.74) is 0. The van der Waals surface area contributed by atoms with Crippen molar-refractivity contribution in [3.05, 3.63) is 62.2 Å². The van der Waals surface area contributed by atoms with Gasteiger partial charge < -0.3 is 0 Å². The Bertz CT molecular complexity index is 806. The molecule has 2 atom stereocenters. The minimum Gasteiger partial charge on any atom is -0.231 e. The maximum atomic E-state index is 11.8. The van der Waals surface area contributed by atoms with Crippen molar-refractivity contribution in [2.24, 2.45) is 11.8 Å². The summed E-state index contributed by atoms with van der Waals surface area (Å²) in [5, 5.41) is 0.763. The number of hydrogen-bond acceptors (Lipinski definition) is 7. The van der Waals surface area contributed by atoms with E-state index in [4.69, 9.17) is 0 Å². The average molecular weight is 489 g/mol. The van der Waals surface area contributed by atoms with Crippen LogP contribution in [0.25, 0.3) is 0 Å². The second-order valence-electron chi connectivity index (χ2n) is 6.41. The highest BCUT2D eigenvalue weighted by Gasteiger charge is 2.20. The highest BCUT2D eigenvalue weighted by Crippen LogP contribution is 2.17. The Kier molecular flexibility index (Phi) is 17.8. The van der Waals surface area contributed by atoms with Crippen LogP contribution >= 0.6 is 38.8 Å². The first-order chi connectivity index (χ1) is 13.4. The molecule has 2 aromatic rings. The molecule has 2 heterocycles. The van der Waals surface area contributed by atoms with Crippen molar-refractivity contribution >= 4 is 48.6 Å². The molecule has 168 valence electrons. The number of aromatic nitrogens is 4. The first kappa shape index (κ1) is 30.8. The second kappa shape index (κ2) is 17.3. The summed E-state index contributed by atoms with van der Waals surface area (Å²) in [6, 6.07) is 3.42. The number of thioether (sulfide) groups is 1. The summed E-state index contributed by atoms with van der Waals surface area (Å²) >= 11 is 1.70. The summed E-state index contributed by atoms with van der Waals surface area (Å²) in [4.78, 5) is 15.8. The molecule has 0 aliphatic carbocycles. The predicted octanol–water partition coefficient (Wildman–Crippen LogP) is 4.47. The smallest absolute Gasteiger partial charge is 0.231 e. The van der Waals surface area contributed by atoms with Crippen LogP contribution in [0, 0.1) is 11.8 Å². The summed E-state index contributed by atoms with van der Waals surface area (Å²) in [7, 11) is -3.35. The fourth-order valence-electron chi connectivity index (χ4n) is 2.18. The Morgan fingerprint density at radius 3 is 1.87 bits per heavy atom. The van der Waals surface area contributed by atoms with Gasteiger partial charge in [0.15, 0.2) is 5.16 Å². The Labute approximate surface area is 199 Å². The van der Waals surface area contributed by atoms with Crippen LogP contribution in [-0.4, -0.2) is 39.9 Å². The third-order valence-electron chi connectivity index (χ3n) is 3.50. The molecule has 2 aromatic heterocycles. The highest BCUT2D eigenvalue weighted by molar-refractivity contribution is 7.99. The molecule has 30 heavy (non-hydrogen) atoms. The van der Waals surface area contributed by atoms with Gasteiger partial charge in [0.2, 0.25) is 15.0 Å². The molecule has 0 unspecified atom stereocenters. The van der Waals surface area contributed by atoms with Crippen molar-refractivity contribution in [3.8, 4) is 0 Å². The monoisotopic (exact) mass is 488 g/mol. The minimum atomic E-state index is -3.35. The van der Waals surface area contributed by atoms with Crippen LogP contribution in [0.15, 0.2) is 72.5 Å². The zero-order valence-electron chi connectivity index (χ0n) is 17.4. The van der Waals surface area contributed by atoms with Gasteiger partial charge in [-0.3, -0.25) is 0 Å². The lowest BCUT2D eigenvalue weighted by molar-refractivity contribution is 0.565.